The van der Waals surface area contributed by atoms with Crippen LogP contribution in [0.25, 0.3) is 6.08 Å². The lowest BCUT2D eigenvalue weighted by Gasteiger charge is -2.36. The molecule has 4 aromatic rings. The molecular formula is C39H41F3N6O4. The average molecular weight is 715 g/mol. The van der Waals surface area contributed by atoms with Crippen LogP contribution in [-0.4, -0.2) is 94.8 Å². The first kappa shape index (κ1) is 37.5. The Balaban J connectivity index is 1.40. The molecule has 1 unspecified atom stereocenters. The molecule has 0 bridgehead atoms. The third-order valence-corrected chi connectivity index (χ3v) is 8.83. The van der Waals surface area contributed by atoms with Gasteiger partial charge in [0.1, 0.15) is 12.6 Å². The van der Waals surface area contributed by atoms with Crippen molar-refractivity contribution in [1.82, 2.24) is 24.7 Å². The van der Waals surface area contributed by atoms with Crippen LogP contribution >= 0.6 is 0 Å². The lowest BCUT2D eigenvalue weighted by Crippen LogP contribution is -2.51. The SMILES string of the molecule is CC(=O)N1CCN(c2ccc(CN(C(=O)C=Cc3ccc(C(F)(F)F)cc3)C(Cc3ccccc3)C(=O)N(C)CCOc3ncccn3)cc2)CC1. The van der Waals surface area contributed by atoms with E-state index in [-0.39, 0.29) is 43.9 Å². The predicted molar refractivity (Wildman–Crippen MR) is 191 cm³/mol. The van der Waals surface area contributed by atoms with E-state index in [1.165, 1.54) is 34.1 Å². The number of amides is 3. The summed E-state index contributed by atoms with van der Waals surface area (Å²) in [5, 5.41) is 0. The smallest absolute Gasteiger partial charge is 0.416 e. The van der Waals surface area contributed by atoms with Crippen LogP contribution in [0.2, 0.25) is 0 Å². The highest BCUT2D eigenvalue weighted by Crippen LogP contribution is 2.29. The fourth-order valence-corrected chi connectivity index (χ4v) is 5.84. The topological polar surface area (TPSA) is 99.2 Å². The fourth-order valence-electron chi connectivity index (χ4n) is 5.84. The summed E-state index contributed by atoms with van der Waals surface area (Å²) in [5.74, 6) is -0.756. The van der Waals surface area contributed by atoms with Gasteiger partial charge in [0.2, 0.25) is 17.7 Å². The van der Waals surface area contributed by atoms with E-state index in [0.717, 1.165) is 28.9 Å². The van der Waals surface area contributed by atoms with Crippen molar-refractivity contribution < 1.29 is 32.3 Å². The number of alkyl halides is 3. The Morgan fingerprint density at radius 1 is 0.865 bits per heavy atom. The first-order valence-electron chi connectivity index (χ1n) is 16.9. The van der Waals surface area contributed by atoms with Crippen LogP contribution in [-0.2, 0) is 33.5 Å². The van der Waals surface area contributed by atoms with Crippen molar-refractivity contribution in [2.75, 3.05) is 51.3 Å². The zero-order valence-corrected chi connectivity index (χ0v) is 29.1. The second-order valence-corrected chi connectivity index (χ2v) is 12.4. The number of rotatable bonds is 13. The Labute approximate surface area is 301 Å². The number of carbonyl (C=O) groups excluding carboxylic acids is 3. The molecule has 1 fully saturated rings. The van der Waals surface area contributed by atoms with E-state index in [0.29, 0.717) is 31.7 Å². The van der Waals surface area contributed by atoms with Crippen LogP contribution in [0.1, 0.15) is 29.2 Å². The minimum Gasteiger partial charge on any atom is -0.462 e. The number of hydrogen-bond acceptors (Lipinski definition) is 7. The van der Waals surface area contributed by atoms with Crippen molar-refractivity contribution in [3.63, 3.8) is 0 Å². The maximum Gasteiger partial charge on any atom is 0.416 e. The molecule has 0 radical (unpaired) electrons. The number of likely N-dealkylation sites (N-methyl/N-ethyl adjacent to an activating group) is 1. The van der Waals surface area contributed by atoms with Gasteiger partial charge in [-0.2, -0.15) is 13.2 Å². The van der Waals surface area contributed by atoms with Gasteiger partial charge in [-0.3, -0.25) is 14.4 Å². The number of hydrogen-bond donors (Lipinski definition) is 0. The van der Waals surface area contributed by atoms with Gasteiger partial charge >= 0.3 is 12.2 Å². The zero-order chi connectivity index (χ0) is 37.1. The molecule has 1 saturated heterocycles. The predicted octanol–water partition coefficient (Wildman–Crippen LogP) is 5.35. The highest BCUT2D eigenvalue weighted by molar-refractivity contribution is 5.95. The molecular weight excluding hydrogens is 673 g/mol. The van der Waals surface area contributed by atoms with E-state index in [2.05, 4.69) is 14.9 Å². The van der Waals surface area contributed by atoms with Gasteiger partial charge in [0.15, 0.2) is 0 Å². The summed E-state index contributed by atoms with van der Waals surface area (Å²) in [5.41, 5.74) is 2.21. The zero-order valence-electron chi connectivity index (χ0n) is 29.1. The van der Waals surface area contributed by atoms with Crippen LogP contribution < -0.4 is 9.64 Å². The molecule has 0 saturated carbocycles. The Morgan fingerprint density at radius 2 is 1.52 bits per heavy atom. The minimum absolute atomic E-state index is 0.0510. The summed E-state index contributed by atoms with van der Waals surface area (Å²) in [6, 6.07) is 22.5. The molecule has 5 rings (SSSR count). The molecule has 1 atom stereocenters. The highest BCUT2D eigenvalue weighted by atomic mass is 19.4. The van der Waals surface area contributed by atoms with Gasteiger partial charge in [0.25, 0.3) is 0 Å². The molecule has 3 amide bonds. The Hall–Kier alpha value is -5.72. The molecule has 10 nitrogen and oxygen atoms in total. The van der Waals surface area contributed by atoms with Gasteiger partial charge in [-0.1, -0.05) is 54.6 Å². The number of piperazine rings is 1. The monoisotopic (exact) mass is 714 g/mol. The van der Waals surface area contributed by atoms with Gasteiger partial charge in [0, 0.05) is 77.3 Å². The number of halogens is 3. The number of benzene rings is 3. The van der Waals surface area contributed by atoms with E-state index in [9.17, 15) is 27.6 Å². The molecule has 1 aliphatic rings. The maximum atomic E-state index is 14.2. The lowest BCUT2D eigenvalue weighted by molar-refractivity contribution is -0.143. The van der Waals surface area contributed by atoms with Crippen molar-refractivity contribution >= 4 is 29.5 Å². The largest absolute Gasteiger partial charge is 0.462 e. The van der Waals surface area contributed by atoms with Crippen LogP contribution in [0, 0.1) is 0 Å². The molecule has 0 spiro atoms. The minimum atomic E-state index is -4.48. The number of carbonyl (C=O) groups is 3. The first-order chi connectivity index (χ1) is 25.0. The van der Waals surface area contributed by atoms with Crippen molar-refractivity contribution in [2.24, 2.45) is 0 Å². The van der Waals surface area contributed by atoms with E-state index in [1.807, 2.05) is 59.5 Å². The van der Waals surface area contributed by atoms with Gasteiger partial charge in [-0.25, -0.2) is 9.97 Å². The quantitative estimate of drug-likeness (QED) is 0.172. The number of nitrogens with zero attached hydrogens (tertiary/aromatic N) is 6. The third-order valence-electron chi connectivity index (χ3n) is 8.83. The average Bonchev–Trinajstić information content (AvgIpc) is 3.16. The van der Waals surface area contributed by atoms with Crippen LogP contribution in [0.15, 0.2) is 103 Å². The number of ether oxygens (including phenoxy) is 1. The second-order valence-electron chi connectivity index (χ2n) is 12.4. The molecule has 1 aliphatic heterocycles. The molecule has 13 heteroatoms. The molecule has 0 N–H and O–H groups in total. The Kier molecular flexibility index (Phi) is 12.6. The maximum absolute atomic E-state index is 14.2. The lowest BCUT2D eigenvalue weighted by atomic mass is 10.0. The van der Waals surface area contributed by atoms with Gasteiger partial charge < -0.3 is 24.3 Å². The fraction of sp³-hybridized carbons (Fsp3) is 0.308. The number of aromatic nitrogens is 2. The molecule has 2 heterocycles. The van der Waals surface area contributed by atoms with Crippen molar-refractivity contribution in [2.45, 2.75) is 32.1 Å². The molecule has 0 aliphatic carbocycles. The standard InChI is InChI=1S/C39H41F3N6O4/c1-29(49)46-21-23-47(24-22-46)34-16-11-32(12-17-34)28-48(36(50)18-13-30-9-14-33(15-10-30)39(40,41)42)35(27-31-7-4-3-5-8-31)37(51)45(2)25-26-52-38-43-19-6-20-44-38/h3-20,35H,21-28H2,1-2H3. The molecule has 1 aromatic heterocycles. The normalized spacial score (nSPS) is 13.9. The highest BCUT2D eigenvalue weighted by Gasteiger charge is 2.32. The van der Waals surface area contributed by atoms with E-state index in [4.69, 9.17) is 4.74 Å². The summed E-state index contributed by atoms with van der Waals surface area (Å²) in [6.07, 6.45) is 1.56. The van der Waals surface area contributed by atoms with Crippen LogP contribution in [0.5, 0.6) is 6.01 Å². The van der Waals surface area contributed by atoms with E-state index >= 15 is 0 Å². The Morgan fingerprint density at radius 3 is 2.13 bits per heavy atom. The summed E-state index contributed by atoms with van der Waals surface area (Å²) in [7, 11) is 1.64. The van der Waals surface area contributed by atoms with Crippen LogP contribution in [0.3, 0.4) is 0 Å². The van der Waals surface area contributed by atoms with Gasteiger partial charge in [0.05, 0.1) is 12.1 Å². The summed E-state index contributed by atoms with van der Waals surface area (Å²) < 4.78 is 45.1. The summed E-state index contributed by atoms with van der Waals surface area (Å²) in [4.78, 5) is 55.2. The number of anilines is 1. The van der Waals surface area contributed by atoms with Gasteiger partial charge in [-0.05, 0) is 53.1 Å². The Bertz CT molecular complexity index is 1800. The van der Waals surface area contributed by atoms with E-state index in [1.54, 1.807) is 32.4 Å². The van der Waals surface area contributed by atoms with Crippen molar-refractivity contribution in [3.05, 3.63) is 126 Å². The molecule has 272 valence electrons. The van der Waals surface area contributed by atoms with Crippen molar-refractivity contribution in [3.8, 4) is 6.01 Å². The summed E-state index contributed by atoms with van der Waals surface area (Å²) in [6.45, 7) is 4.61. The third kappa shape index (κ3) is 10.4. The van der Waals surface area contributed by atoms with Crippen molar-refractivity contribution in [1.29, 1.82) is 0 Å². The first-order valence-corrected chi connectivity index (χ1v) is 16.9. The van der Waals surface area contributed by atoms with Crippen LogP contribution in [0.4, 0.5) is 18.9 Å². The second kappa shape index (κ2) is 17.5. The molecule has 3 aromatic carbocycles. The van der Waals surface area contributed by atoms with E-state index < -0.39 is 23.7 Å². The van der Waals surface area contributed by atoms with Gasteiger partial charge in [-0.15, -0.1) is 0 Å². The summed E-state index contributed by atoms with van der Waals surface area (Å²) >= 11 is 0. The molecule has 52 heavy (non-hydrogen) atoms.